The van der Waals surface area contributed by atoms with Crippen molar-refractivity contribution in [2.45, 2.75) is 11.4 Å². The lowest BCUT2D eigenvalue weighted by atomic mass is 10.2. The summed E-state index contributed by atoms with van der Waals surface area (Å²) in [5.74, 6) is -1.77. The summed E-state index contributed by atoms with van der Waals surface area (Å²) >= 11 is 0.758. The van der Waals surface area contributed by atoms with Gasteiger partial charge >= 0.3 is 6.18 Å². The van der Waals surface area contributed by atoms with Crippen molar-refractivity contribution in [3.63, 3.8) is 0 Å². The number of amides is 1. The molecule has 0 aliphatic rings. The quantitative estimate of drug-likeness (QED) is 0.672. The lowest BCUT2D eigenvalue weighted by molar-refractivity contribution is -0.136. The van der Waals surface area contributed by atoms with Gasteiger partial charge in [0.1, 0.15) is 12.4 Å². The van der Waals surface area contributed by atoms with Crippen molar-refractivity contribution in [1.82, 2.24) is 15.5 Å². The summed E-state index contributed by atoms with van der Waals surface area (Å²) in [6, 6.07) is 5.74. The Morgan fingerprint density at radius 2 is 2.00 bits per heavy atom. The number of carbonyl (C=O) groups is 1. The Morgan fingerprint density at radius 3 is 2.68 bits per heavy atom. The molecule has 22 heavy (non-hydrogen) atoms. The third-order valence-corrected chi connectivity index (χ3v) is 3.14. The molecule has 0 aliphatic heterocycles. The fourth-order valence-electron chi connectivity index (χ4n) is 1.39. The Hall–Kier alpha value is -2.10. The molecule has 2 rings (SSSR count). The Bertz CT molecular complexity index is 660. The monoisotopic (exact) mass is 335 g/mol. The van der Waals surface area contributed by atoms with Crippen molar-refractivity contribution in [2.24, 2.45) is 0 Å². The van der Waals surface area contributed by atoms with E-state index in [0.29, 0.717) is 0 Å². The van der Waals surface area contributed by atoms with Gasteiger partial charge in [-0.1, -0.05) is 23.9 Å². The fraction of sp³-hybridized carbons (Fsp3) is 0.250. The minimum Gasteiger partial charge on any atom is -0.411 e. The molecule has 118 valence electrons. The summed E-state index contributed by atoms with van der Waals surface area (Å²) in [7, 11) is 0. The highest BCUT2D eigenvalue weighted by Crippen LogP contribution is 2.24. The number of hydrogen-bond donors (Lipinski definition) is 1. The Balaban J connectivity index is 1.90. The summed E-state index contributed by atoms with van der Waals surface area (Å²) in [6.07, 6.45) is -4.47. The van der Waals surface area contributed by atoms with E-state index in [0.717, 1.165) is 11.8 Å². The summed E-state index contributed by atoms with van der Waals surface area (Å²) < 4.78 is 54.4. The van der Waals surface area contributed by atoms with Crippen LogP contribution in [0.3, 0.4) is 0 Å². The maximum atomic E-state index is 13.5. The topological polar surface area (TPSA) is 68.0 Å². The van der Waals surface area contributed by atoms with E-state index in [-0.39, 0.29) is 22.4 Å². The van der Waals surface area contributed by atoms with Crippen LogP contribution >= 0.6 is 11.8 Å². The van der Waals surface area contributed by atoms with Crippen LogP contribution in [0, 0.1) is 5.82 Å². The van der Waals surface area contributed by atoms with Gasteiger partial charge in [0.05, 0.1) is 11.3 Å². The van der Waals surface area contributed by atoms with Gasteiger partial charge in [-0.05, 0) is 12.1 Å². The van der Waals surface area contributed by atoms with Crippen molar-refractivity contribution in [1.29, 1.82) is 0 Å². The van der Waals surface area contributed by atoms with Crippen LogP contribution in [0.1, 0.15) is 0 Å². The van der Waals surface area contributed by atoms with Crippen LogP contribution in [0.25, 0.3) is 11.5 Å². The van der Waals surface area contributed by atoms with E-state index in [1.807, 2.05) is 0 Å². The molecule has 0 saturated carbocycles. The first-order chi connectivity index (χ1) is 10.3. The number of hydrogen-bond acceptors (Lipinski definition) is 5. The minimum absolute atomic E-state index is 0.0413. The fourth-order valence-corrected chi connectivity index (χ4v) is 1.98. The number of benzene rings is 1. The summed E-state index contributed by atoms with van der Waals surface area (Å²) in [6.45, 7) is -1.41. The van der Waals surface area contributed by atoms with E-state index in [2.05, 4.69) is 10.2 Å². The third-order valence-electron chi connectivity index (χ3n) is 2.32. The molecular weight excluding hydrogens is 326 g/mol. The van der Waals surface area contributed by atoms with Crippen LogP contribution in [0.4, 0.5) is 17.6 Å². The molecule has 1 N–H and O–H groups in total. The molecule has 0 spiro atoms. The number of nitrogens with zero attached hydrogens (tertiary/aromatic N) is 2. The van der Waals surface area contributed by atoms with Crippen molar-refractivity contribution in [3.8, 4) is 11.5 Å². The molecule has 1 amide bonds. The zero-order valence-corrected chi connectivity index (χ0v) is 11.7. The zero-order chi connectivity index (χ0) is 16.2. The Labute approximate surface area is 126 Å². The van der Waals surface area contributed by atoms with Crippen LogP contribution < -0.4 is 5.32 Å². The number of halogens is 4. The van der Waals surface area contributed by atoms with Crippen molar-refractivity contribution < 1.29 is 26.8 Å². The SMILES string of the molecule is O=C(CSc1nnc(-c2ccccc2F)o1)NCC(F)(F)F. The van der Waals surface area contributed by atoms with Crippen LogP contribution in [0.2, 0.25) is 0 Å². The second kappa shape index (κ2) is 6.77. The third kappa shape index (κ3) is 4.72. The highest BCUT2D eigenvalue weighted by molar-refractivity contribution is 7.99. The molecule has 0 unspecified atom stereocenters. The van der Waals surface area contributed by atoms with Crippen molar-refractivity contribution in [2.75, 3.05) is 12.3 Å². The van der Waals surface area contributed by atoms with Crippen LogP contribution in [0.15, 0.2) is 33.9 Å². The van der Waals surface area contributed by atoms with Gasteiger partial charge in [0.15, 0.2) is 0 Å². The summed E-state index contributed by atoms with van der Waals surface area (Å²) in [4.78, 5) is 11.2. The second-order valence-electron chi connectivity index (χ2n) is 4.03. The number of alkyl halides is 3. The van der Waals surface area contributed by atoms with Crippen molar-refractivity contribution >= 4 is 17.7 Å². The zero-order valence-electron chi connectivity index (χ0n) is 10.9. The normalized spacial score (nSPS) is 11.5. The van der Waals surface area contributed by atoms with Crippen molar-refractivity contribution in [3.05, 3.63) is 30.1 Å². The van der Waals surface area contributed by atoms with E-state index in [9.17, 15) is 22.4 Å². The van der Waals surface area contributed by atoms with E-state index in [1.165, 1.54) is 18.2 Å². The first kappa shape index (κ1) is 16.3. The van der Waals surface area contributed by atoms with Gasteiger partial charge < -0.3 is 9.73 Å². The molecule has 10 heteroatoms. The molecule has 1 aromatic carbocycles. The minimum atomic E-state index is -4.47. The molecule has 0 radical (unpaired) electrons. The van der Waals surface area contributed by atoms with Gasteiger partial charge in [-0.25, -0.2) is 4.39 Å². The van der Waals surface area contributed by atoms with Gasteiger partial charge in [-0.15, -0.1) is 10.2 Å². The number of carbonyl (C=O) groups excluding carboxylic acids is 1. The first-order valence-electron chi connectivity index (χ1n) is 5.90. The lowest BCUT2D eigenvalue weighted by Crippen LogP contribution is -2.34. The standard InChI is InChI=1S/C12H9F4N3O2S/c13-8-4-2-1-3-7(8)10-18-19-11(21-10)22-5-9(20)17-6-12(14,15)16/h1-4H,5-6H2,(H,17,20). The highest BCUT2D eigenvalue weighted by Gasteiger charge is 2.27. The molecule has 2 aromatic rings. The van der Waals surface area contributed by atoms with Crippen LogP contribution in [0.5, 0.6) is 0 Å². The van der Waals surface area contributed by atoms with Gasteiger partial charge in [0, 0.05) is 0 Å². The first-order valence-corrected chi connectivity index (χ1v) is 6.88. The molecule has 5 nitrogen and oxygen atoms in total. The average molecular weight is 335 g/mol. The number of nitrogens with one attached hydrogen (secondary N) is 1. The highest BCUT2D eigenvalue weighted by atomic mass is 32.2. The predicted octanol–water partition coefficient (Wildman–Crippen LogP) is 2.65. The summed E-state index contributed by atoms with van der Waals surface area (Å²) in [5, 5.41) is 8.88. The van der Waals surface area contributed by atoms with E-state index in [1.54, 1.807) is 11.4 Å². The second-order valence-corrected chi connectivity index (χ2v) is 4.96. The molecule has 1 heterocycles. The van der Waals surface area contributed by atoms with Crippen LogP contribution in [-0.4, -0.2) is 34.6 Å². The van der Waals surface area contributed by atoms with Crippen LogP contribution in [-0.2, 0) is 4.79 Å². The Kier molecular flexibility index (Phi) is 5.01. The van der Waals surface area contributed by atoms with Gasteiger partial charge in [-0.2, -0.15) is 13.2 Å². The van der Waals surface area contributed by atoms with Gasteiger partial charge in [0.25, 0.3) is 11.1 Å². The molecule has 0 aliphatic carbocycles. The van der Waals surface area contributed by atoms with E-state index in [4.69, 9.17) is 4.42 Å². The number of aromatic nitrogens is 2. The van der Waals surface area contributed by atoms with Gasteiger partial charge in [-0.3, -0.25) is 4.79 Å². The molecule has 0 atom stereocenters. The number of thioether (sulfide) groups is 1. The maximum absolute atomic E-state index is 13.5. The van der Waals surface area contributed by atoms with E-state index >= 15 is 0 Å². The molecular formula is C12H9F4N3O2S. The smallest absolute Gasteiger partial charge is 0.405 e. The molecule has 0 saturated heterocycles. The Morgan fingerprint density at radius 1 is 1.27 bits per heavy atom. The predicted molar refractivity (Wildman–Crippen MR) is 69.5 cm³/mol. The maximum Gasteiger partial charge on any atom is 0.405 e. The van der Waals surface area contributed by atoms with Gasteiger partial charge in [0.2, 0.25) is 5.91 Å². The molecule has 1 aromatic heterocycles. The molecule has 0 fully saturated rings. The average Bonchev–Trinajstić information content (AvgIpc) is 2.91. The van der Waals surface area contributed by atoms with E-state index < -0.39 is 24.4 Å². The lowest BCUT2D eigenvalue weighted by Gasteiger charge is -2.06. The largest absolute Gasteiger partial charge is 0.411 e. The number of rotatable bonds is 5. The summed E-state index contributed by atoms with van der Waals surface area (Å²) in [5.41, 5.74) is 0.100. The molecule has 0 bridgehead atoms.